The molecule has 0 aliphatic heterocycles. The topological polar surface area (TPSA) is 78.4 Å². The minimum Gasteiger partial charge on any atom is -0.357 e. The van der Waals surface area contributed by atoms with Gasteiger partial charge in [-0.1, -0.05) is 0 Å². The van der Waals surface area contributed by atoms with Crippen LogP contribution in [-0.2, 0) is 4.79 Å². The van der Waals surface area contributed by atoms with Crippen molar-refractivity contribution in [2.75, 3.05) is 25.0 Å². The lowest BCUT2D eigenvalue weighted by Gasteiger charge is -2.09. The van der Waals surface area contributed by atoms with E-state index in [4.69, 9.17) is 0 Å². The number of carbonyl (C=O) groups excluding carboxylic acids is 1. The summed E-state index contributed by atoms with van der Waals surface area (Å²) in [6, 6.07) is 3.55. The standard InChI is InChI=1S/C12H19N5O/c1-3-14-12(15-4-2)16-9-11(18)17-10-6-5-7-13-8-10/h5-8H,3-4,9H2,1-2H3,(H,17,18)(H2,14,15,16). The predicted molar refractivity (Wildman–Crippen MR) is 72.5 cm³/mol. The number of anilines is 1. The van der Waals surface area contributed by atoms with Crippen LogP contribution >= 0.6 is 0 Å². The molecule has 0 saturated carbocycles. The van der Waals surface area contributed by atoms with Crippen LogP contribution in [0.5, 0.6) is 0 Å². The maximum atomic E-state index is 11.6. The third-order valence-corrected chi connectivity index (χ3v) is 2.01. The Morgan fingerprint density at radius 3 is 2.61 bits per heavy atom. The van der Waals surface area contributed by atoms with Gasteiger partial charge in [0, 0.05) is 19.3 Å². The van der Waals surface area contributed by atoms with Crippen LogP contribution in [0.25, 0.3) is 0 Å². The Kier molecular flexibility index (Phi) is 6.24. The lowest BCUT2D eigenvalue weighted by Crippen LogP contribution is -2.37. The molecule has 1 amide bonds. The van der Waals surface area contributed by atoms with E-state index < -0.39 is 0 Å². The molecular formula is C12H19N5O. The second-order valence-corrected chi connectivity index (χ2v) is 3.52. The molecule has 0 radical (unpaired) electrons. The van der Waals surface area contributed by atoms with Crippen molar-refractivity contribution in [3.63, 3.8) is 0 Å². The van der Waals surface area contributed by atoms with E-state index in [0.29, 0.717) is 11.6 Å². The van der Waals surface area contributed by atoms with E-state index in [1.165, 1.54) is 0 Å². The number of carbonyl (C=O) groups is 1. The first kappa shape index (κ1) is 14.0. The summed E-state index contributed by atoms with van der Waals surface area (Å²) < 4.78 is 0. The number of hydrogen-bond donors (Lipinski definition) is 3. The summed E-state index contributed by atoms with van der Waals surface area (Å²) >= 11 is 0. The Balaban J connectivity index is 2.46. The SMILES string of the molecule is CCNC(=NCC(=O)Nc1cccnc1)NCC. The van der Waals surface area contributed by atoms with Gasteiger partial charge in [-0.05, 0) is 26.0 Å². The molecule has 1 rings (SSSR count). The van der Waals surface area contributed by atoms with E-state index in [-0.39, 0.29) is 12.5 Å². The Bertz CT molecular complexity index is 383. The molecule has 6 nitrogen and oxygen atoms in total. The molecule has 1 aromatic heterocycles. The molecule has 0 bridgehead atoms. The first-order chi connectivity index (χ1) is 8.76. The number of nitrogens with one attached hydrogen (secondary N) is 3. The highest BCUT2D eigenvalue weighted by molar-refractivity contribution is 5.93. The summed E-state index contributed by atoms with van der Waals surface area (Å²) in [7, 11) is 0. The molecule has 98 valence electrons. The van der Waals surface area contributed by atoms with Crippen molar-refractivity contribution >= 4 is 17.6 Å². The van der Waals surface area contributed by atoms with E-state index in [9.17, 15) is 4.79 Å². The summed E-state index contributed by atoms with van der Waals surface area (Å²) in [6.07, 6.45) is 3.25. The molecule has 0 saturated heterocycles. The van der Waals surface area contributed by atoms with Gasteiger partial charge in [-0.15, -0.1) is 0 Å². The highest BCUT2D eigenvalue weighted by atomic mass is 16.1. The van der Waals surface area contributed by atoms with Gasteiger partial charge in [0.2, 0.25) is 5.91 Å². The van der Waals surface area contributed by atoms with Gasteiger partial charge in [-0.3, -0.25) is 9.78 Å². The van der Waals surface area contributed by atoms with Gasteiger partial charge in [0.05, 0.1) is 11.9 Å². The first-order valence-corrected chi connectivity index (χ1v) is 5.98. The van der Waals surface area contributed by atoms with Crippen molar-refractivity contribution in [2.45, 2.75) is 13.8 Å². The Morgan fingerprint density at radius 2 is 2.06 bits per heavy atom. The largest absolute Gasteiger partial charge is 0.357 e. The highest BCUT2D eigenvalue weighted by Crippen LogP contribution is 2.01. The Hall–Kier alpha value is -2.11. The smallest absolute Gasteiger partial charge is 0.246 e. The van der Waals surface area contributed by atoms with Crippen molar-refractivity contribution in [3.05, 3.63) is 24.5 Å². The van der Waals surface area contributed by atoms with Crippen LogP contribution in [-0.4, -0.2) is 36.5 Å². The number of guanidine groups is 1. The van der Waals surface area contributed by atoms with Crippen LogP contribution in [0.4, 0.5) is 5.69 Å². The number of hydrogen-bond acceptors (Lipinski definition) is 3. The number of amides is 1. The van der Waals surface area contributed by atoms with Gasteiger partial charge >= 0.3 is 0 Å². The molecule has 0 unspecified atom stereocenters. The van der Waals surface area contributed by atoms with Gasteiger partial charge in [0.25, 0.3) is 0 Å². The number of aliphatic imine (C=N–C) groups is 1. The minimum atomic E-state index is -0.170. The van der Waals surface area contributed by atoms with Gasteiger partial charge in [-0.2, -0.15) is 0 Å². The molecule has 1 heterocycles. The number of rotatable bonds is 5. The quantitative estimate of drug-likeness (QED) is 0.527. The zero-order valence-electron chi connectivity index (χ0n) is 10.7. The summed E-state index contributed by atoms with van der Waals surface area (Å²) in [5.41, 5.74) is 0.672. The van der Waals surface area contributed by atoms with Gasteiger partial charge in [-0.25, -0.2) is 4.99 Å². The normalized spacial score (nSPS) is 9.44. The number of nitrogens with zero attached hydrogens (tertiary/aromatic N) is 2. The van der Waals surface area contributed by atoms with Crippen LogP contribution in [0.2, 0.25) is 0 Å². The van der Waals surface area contributed by atoms with Crippen molar-refractivity contribution in [3.8, 4) is 0 Å². The van der Waals surface area contributed by atoms with Crippen molar-refractivity contribution in [2.24, 2.45) is 4.99 Å². The zero-order valence-corrected chi connectivity index (χ0v) is 10.7. The van der Waals surface area contributed by atoms with Gasteiger partial charge in [0.1, 0.15) is 6.54 Å². The molecular weight excluding hydrogens is 230 g/mol. The third-order valence-electron chi connectivity index (χ3n) is 2.01. The van der Waals surface area contributed by atoms with Crippen molar-refractivity contribution < 1.29 is 4.79 Å². The third kappa shape index (κ3) is 5.29. The van der Waals surface area contributed by atoms with Crippen molar-refractivity contribution in [1.82, 2.24) is 15.6 Å². The second-order valence-electron chi connectivity index (χ2n) is 3.52. The van der Waals surface area contributed by atoms with Crippen LogP contribution in [0.3, 0.4) is 0 Å². The van der Waals surface area contributed by atoms with Crippen LogP contribution in [0, 0.1) is 0 Å². The average Bonchev–Trinajstić information content (AvgIpc) is 2.38. The van der Waals surface area contributed by atoms with Crippen LogP contribution in [0.15, 0.2) is 29.5 Å². The monoisotopic (exact) mass is 249 g/mol. The second kappa shape index (κ2) is 8.05. The van der Waals surface area contributed by atoms with E-state index >= 15 is 0 Å². The molecule has 1 aromatic rings. The fourth-order valence-corrected chi connectivity index (χ4v) is 1.30. The van der Waals surface area contributed by atoms with E-state index in [2.05, 4.69) is 25.9 Å². The molecule has 0 fully saturated rings. The van der Waals surface area contributed by atoms with Crippen LogP contribution in [0.1, 0.15) is 13.8 Å². The van der Waals surface area contributed by atoms with Gasteiger partial charge < -0.3 is 16.0 Å². The number of pyridine rings is 1. The molecule has 18 heavy (non-hydrogen) atoms. The summed E-state index contributed by atoms with van der Waals surface area (Å²) in [5.74, 6) is 0.470. The zero-order chi connectivity index (χ0) is 13.2. The Labute approximate surface area is 107 Å². The molecule has 3 N–H and O–H groups in total. The fourth-order valence-electron chi connectivity index (χ4n) is 1.30. The average molecular weight is 249 g/mol. The van der Waals surface area contributed by atoms with E-state index in [0.717, 1.165) is 13.1 Å². The van der Waals surface area contributed by atoms with Crippen molar-refractivity contribution in [1.29, 1.82) is 0 Å². The molecule has 0 aliphatic rings. The highest BCUT2D eigenvalue weighted by Gasteiger charge is 2.02. The summed E-state index contributed by atoms with van der Waals surface area (Å²) in [5, 5.41) is 8.82. The molecule has 0 spiro atoms. The molecule has 0 aliphatic carbocycles. The lowest BCUT2D eigenvalue weighted by molar-refractivity contribution is -0.114. The van der Waals surface area contributed by atoms with Crippen LogP contribution < -0.4 is 16.0 Å². The fraction of sp³-hybridized carbons (Fsp3) is 0.417. The van der Waals surface area contributed by atoms with E-state index in [1.807, 2.05) is 13.8 Å². The Morgan fingerprint density at radius 1 is 1.33 bits per heavy atom. The molecule has 0 atom stereocenters. The summed E-state index contributed by atoms with van der Waals surface area (Å²) in [4.78, 5) is 19.7. The number of aromatic nitrogens is 1. The summed E-state index contributed by atoms with van der Waals surface area (Å²) in [6.45, 7) is 5.54. The minimum absolute atomic E-state index is 0.0736. The lowest BCUT2D eigenvalue weighted by atomic mass is 10.4. The first-order valence-electron chi connectivity index (χ1n) is 5.98. The maximum Gasteiger partial charge on any atom is 0.246 e. The predicted octanol–water partition coefficient (Wildman–Crippen LogP) is 0.595. The molecule has 6 heteroatoms. The van der Waals surface area contributed by atoms with E-state index in [1.54, 1.807) is 24.5 Å². The molecule has 0 aromatic carbocycles. The van der Waals surface area contributed by atoms with Gasteiger partial charge in [0.15, 0.2) is 5.96 Å². The maximum absolute atomic E-state index is 11.6.